The van der Waals surface area contributed by atoms with Crippen molar-refractivity contribution in [2.45, 2.75) is 19.8 Å². The second kappa shape index (κ2) is 7.98. The quantitative estimate of drug-likeness (QED) is 0.262. The molecule has 0 aliphatic rings. The van der Waals surface area contributed by atoms with E-state index in [0.29, 0.717) is 0 Å². The van der Waals surface area contributed by atoms with E-state index in [1.807, 2.05) is 0 Å². The highest BCUT2D eigenvalue weighted by Gasteiger charge is 1.90. The van der Waals surface area contributed by atoms with Crippen molar-refractivity contribution in [3.05, 3.63) is 12.7 Å². The van der Waals surface area contributed by atoms with Gasteiger partial charge < -0.3 is 4.74 Å². The topological polar surface area (TPSA) is 38.7 Å². The summed E-state index contributed by atoms with van der Waals surface area (Å²) in [6, 6.07) is 0. The van der Waals surface area contributed by atoms with Gasteiger partial charge in [-0.2, -0.15) is 0 Å². The van der Waals surface area contributed by atoms with E-state index in [0.717, 1.165) is 25.5 Å². The summed E-state index contributed by atoms with van der Waals surface area (Å²) in [7, 11) is 0. The summed E-state index contributed by atoms with van der Waals surface area (Å²) in [6.07, 6.45) is 4.95. The van der Waals surface area contributed by atoms with Gasteiger partial charge in [0.1, 0.15) is 6.61 Å². The Hall–Kier alpha value is -1.12. The van der Waals surface area contributed by atoms with Crippen molar-refractivity contribution < 1.29 is 9.53 Å². The maximum atomic E-state index is 10.5. The van der Waals surface area contributed by atoms with Crippen molar-refractivity contribution in [3.8, 4) is 0 Å². The van der Waals surface area contributed by atoms with Gasteiger partial charge in [-0.3, -0.25) is 4.99 Å². The van der Waals surface area contributed by atoms with Crippen LogP contribution in [0.4, 0.5) is 0 Å². The second-order valence-electron chi connectivity index (χ2n) is 2.28. The number of carbonyl (C=O) groups excluding carboxylic acids is 1. The van der Waals surface area contributed by atoms with E-state index in [1.165, 1.54) is 0 Å². The first-order valence-electron chi connectivity index (χ1n) is 4.08. The van der Waals surface area contributed by atoms with Gasteiger partial charge in [-0.05, 0) is 6.42 Å². The van der Waals surface area contributed by atoms with Crippen LogP contribution < -0.4 is 0 Å². The molecule has 0 aromatic heterocycles. The molecule has 0 atom stereocenters. The van der Waals surface area contributed by atoms with Gasteiger partial charge in [0, 0.05) is 18.8 Å². The van der Waals surface area contributed by atoms with Crippen molar-refractivity contribution in [1.29, 1.82) is 0 Å². The molecule has 0 bridgehead atoms. The number of hydrogen-bond acceptors (Lipinski definition) is 3. The van der Waals surface area contributed by atoms with Gasteiger partial charge >= 0.3 is 5.97 Å². The molecule has 0 saturated carbocycles. The van der Waals surface area contributed by atoms with E-state index in [4.69, 9.17) is 0 Å². The molecule has 12 heavy (non-hydrogen) atoms. The van der Waals surface area contributed by atoms with Gasteiger partial charge in [-0.25, -0.2) is 4.79 Å². The number of unbranched alkanes of at least 4 members (excludes halogenated alkanes) is 1. The van der Waals surface area contributed by atoms with E-state index >= 15 is 0 Å². The first-order valence-corrected chi connectivity index (χ1v) is 4.08. The highest BCUT2D eigenvalue weighted by molar-refractivity contribution is 5.82. The third kappa shape index (κ3) is 6.99. The lowest BCUT2D eigenvalue weighted by atomic mass is 10.3. The fourth-order valence-electron chi connectivity index (χ4n) is 0.572. The van der Waals surface area contributed by atoms with E-state index in [2.05, 4.69) is 23.2 Å². The maximum Gasteiger partial charge on any atom is 0.330 e. The van der Waals surface area contributed by atoms with Crippen LogP contribution in [0.5, 0.6) is 0 Å². The molecular formula is C9H15NO2. The highest BCUT2D eigenvalue weighted by atomic mass is 16.5. The molecule has 3 heteroatoms. The number of esters is 1. The summed E-state index contributed by atoms with van der Waals surface area (Å²) in [4.78, 5) is 14.5. The van der Waals surface area contributed by atoms with E-state index in [9.17, 15) is 4.79 Å². The number of nitrogens with zero attached hydrogens (tertiary/aromatic N) is 1. The predicted molar refractivity (Wildman–Crippen MR) is 49.4 cm³/mol. The van der Waals surface area contributed by atoms with E-state index in [1.54, 1.807) is 6.21 Å². The number of carbonyl (C=O) groups is 1. The Morgan fingerprint density at radius 1 is 1.67 bits per heavy atom. The molecule has 68 valence electrons. The van der Waals surface area contributed by atoms with Crippen molar-refractivity contribution in [2.75, 3.05) is 13.2 Å². The van der Waals surface area contributed by atoms with Crippen LogP contribution in [-0.2, 0) is 9.53 Å². The van der Waals surface area contributed by atoms with Crippen LogP contribution in [0.25, 0.3) is 0 Å². The minimum Gasteiger partial charge on any atom is -0.457 e. The first kappa shape index (κ1) is 10.9. The molecule has 0 fully saturated rings. The lowest BCUT2D eigenvalue weighted by Crippen LogP contribution is -2.02. The Morgan fingerprint density at radius 2 is 2.42 bits per heavy atom. The Bertz CT molecular complexity index is 164. The molecule has 0 aliphatic heterocycles. The van der Waals surface area contributed by atoms with Gasteiger partial charge in [-0.1, -0.05) is 19.9 Å². The van der Waals surface area contributed by atoms with Crippen LogP contribution in [0.3, 0.4) is 0 Å². The summed E-state index contributed by atoms with van der Waals surface area (Å²) in [5.74, 6) is -0.406. The van der Waals surface area contributed by atoms with Crippen LogP contribution in [-0.4, -0.2) is 25.3 Å². The number of ether oxygens (including phenoxy) is 1. The molecule has 0 spiro atoms. The number of hydrogen-bond donors (Lipinski definition) is 0. The smallest absolute Gasteiger partial charge is 0.330 e. The molecule has 0 N–H and O–H groups in total. The number of aliphatic imine (C=N–C) groups is 1. The molecule has 0 aliphatic carbocycles. The average molecular weight is 169 g/mol. The van der Waals surface area contributed by atoms with Crippen LogP contribution in [0.15, 0.2) is 17.6 Å². The Labute approximate surface area is 73.1 Å². The summed E-state index contributed by atoms with van der Waals surface area (Å²) in [5.41, 5.74) is 0. The summed E-state index contributed by atoms with van der Waals surface area (Å²) in [6.45, 7) is 6.43. The predicted octanol–water partition coefficient (Wildman–Crippen LogP) is 1.59. The zero-order valence-electron chi connectivity index (χ0n) is 7.45. The third-order valence-corrected chi connectivity index (χ3v) is 1.24. The van der Waals surface area contributed by atoms with E-state index in [-0.39, 0.29) is 6.61 Å². The molecular weight excluding hydrogens is 154 g/mol. The van der Waals surface area contributed by atoms with Gasteiger partial charge in [0.2, 0.25) is 0 Å². The van der Waals surface area contributed by atoms with Crippen LogP contribution in [0.1, 0.15) is 19.8 Å². The summed E-state index contributed by atoms with van der Waals surface area (Å²) < 4.78 is 4.67. The van der Waals surface area contributed by atoms with Crippen LogP contribution >= 0.6 is 0 Å². The van der Waals surface area contributed by atoms with Crippen molar-refractivity contribution in [1.82, 2.24) is 0 Å². The lowest BCUT2D eigenvalue weighted by Gasteiger charge is -1.94. The Balaban J connectivity index is 3.24. The molecule has 0 heterocycles. The van der Waals surface area contributed by atoms with Gasteiger partial charge in [0.15, 0.2) is 0 Å². The van der Waals surface area contributed by atoms with Crippen molar-refractivity contribution >= 4 is 12.2 Å². The largest absolute Gasteiger partial charge is 0.457 e. The van der Waals surface area contributed by atoms with Crippen molar-refractivity contribution in [3.63, 3.8) is 0 Å². The molecule has 0 radical (unpaired) electrons. The molecule has 0 aromatic rings. The van der Waals surface area contributed by atoms with Crippen LogP contribution in [0.2, 0.25) is 0 Å². The molecule has 0 aromatic carbocycles. The maximum absolute atomic E-state index is 10.5. The molecule has 0 unspecified atom stereocenters. The van der Waals surface area contributed by atoms with Crippen molar-refractivity contribution in [2.24, 2.45) is 4.99 Å². The monoisotopic (exact) mass is 169 g/mol. The first-order chi connectivity index (χ1) is 5.81. The molecule has 0 rings (SSSR count). The minimum absolute atomic E-state index is 0.245. The normalized spacial score (nSPS) is 10.1. The zero-order valence-corrected chi connectivity index (χ0v) is 7.45. The summed E-state index contributed by atoms with van der Waals surface area (Å²) in [5, 5.41) is 0. The van der Waals surface area contributed by atoms with Gasteiger partial charge in [0.25, 0.3) is 0 Å². The fourth-order valence-corrected chi connectivity index (χ4v) is 0.572. The average Bonchev–Trinajstić information content (AvgIpc) is 2.10. The molecule has 3 nitrogen and oxygen atoms in total. The zero-order chi connectivity index (χ0) is 9.23. The SMILES string of the molecule is C=CC(=O)OCC=NCCCC. The molecule has 0 saturated heterocycles. The second-order valence-corrected chi connectivity index (χ2v) is 2.28. The van der Waals surface area contributed by atoms with Crippen LogP contribution in [0, 0.1) is 0 Å². The lowest BCUT2D eigenvalue weighted by molar-refractivity contribution is -0.135. The Kier molecular flexibility index (Phi) is 7.24. The van der Waals surface area contributed by atoms with Gasteiger partial charge in [0.05, 0.1) is 0 Å². The third-order valence-electron chi connectivity index (χ3n) is 1.24. The summed E-state index contributed by atoms with van der Waals surface area (Å²) >= 11 is 0. The fraction of sp³-hybridized carbons (Fsp3) is 0.556. The van der Waals surface area contributed by atoms with E-state index < -0.39 is 5.97 Å². The number of rotatable bonds is 6. The standard InChI is InChI=1S/C9H15NO2/c1-3-5-6-10-7-8-12-9(11)4-2/h4,7H,2-3,5-6,8H2,1H3. The highest BCUT2D eigenvalue weighted by Crippen LogP contribution is 1.85. The Morgan fingerprint density at radius 3 is 3.00 bits per heavy atom. The molecule has 0 amide bonds. The van der Waals surface area contributed by atoms with Gasteiger partial charge in [-0.15, -0.1) is 0 Å². The minimum atomic E-state index is -0.406.